The average molecular weight is 178 g/mol. The van der Waals surface area contributed by atoms with Crippen molar-refractivity contribution in [1.82, 2.24) is 0 Å². The molecule has 5 heteroatoms. The molecule has 0 aromatic carbocycles. The van der Waals surface area contributed by atoms with E-state index < -0.39 is 7.94 Å². The first-order valence-corrected chi connectivity index (χ1v) is 5.51. The summed E-state index contributed by atoms with van der Waals surface area (Å²) in [6, 6.07) is 0. The van der Waals surface area contributed by atoms with Gasteiger partial charge in [0.25, 0.3) is 0 Å². The molecule has 0 spiro atoms. The Bertz CT molecular complexity index is 142. The molecule has 2 rings (SSSR count). The van der Waals surface area contributed by atoms with Gasteiger partial charge in [0, 0.05) is 6.42 Å². The second-order valence-electron chi connectivity index (χ2n) is 2.77. The summed E-state index contributed by atoms with van der Waals surface area (Å²) < 4.78 is 15.1. The van der Waals surface area contributed by atoms with Crippen LogP contribution in [0.3, 0.4) is 0 Å². The summed E-state index contributed by atoms with van der Waals surface area (Å²) in [5, 5.41) is 0. The number of rotatable bonds is 2. The highest BCUT2D eigenvalue weighted by molar-refractivity contribution is 7.59. The molecule has 11 heavy (non-hydrogen) atoms. The Morgan fingerprint density at radius 3 is 2.55 bits per heavy atom. The van der Waals surface area contributed by atoms with Gasteiger partial charge in [-0.15, -0.1) is 0 Å². The predicted molar refractivity (Wildman–Crippen MR) is 38.0 cm³/mol. The van der Waals surface area contributed by atoms with Crippen LogP contribution in [-0.4, -0.2) is 32.1 Å². The number of ether oxygens (including phenoxy) is 1. The smallest absolute Gasteiger partial charge is 0.240 e. The lowest BCUT2D eigenvalue weighted by molar-refractivity contribution is -0.224. The van der Waals surface area contributed by atoms with Crippen LogP contribution in [-0.2, 0) is 13.8 Å². The summed E-state index contributed by atoms with van der Waals surface area (Å²) in [6.45, 7) is 1.82. The molecule has 0 aromatic heterocycles. The molecular weight excluding hydrogens is 167 g/mol. The molecule has 0 N–H and O–H groups in total. The van der Waals surface area contributed by atoms with E-state index in [-0.39, 0.29) is 6.10 Å². The second kappa shape index (κ2) is 2.96. The van der Waals surface area contributed by atoms with Gasteiger partial charge < -0.3 is 9.63 Å². The summed E-state index contributed by atoms with van der Waals surface area (Å²) in [5.74, 6) is 0. The van der Waals surface area contributed by atoms with Gasteiger partial charge in [0.15, 0.2) is 0 Å². The van der Waals surface area contributed by atoms with Gasteiger partial charge in [0.1, 0.15) is 12.3 Å². The molecule has 1 unspecified atom stereocenters. The molecule has 0 aromatic rings. The van der Waals surface area contributed by atoms with E-state index in [9.17, 15) is 4.89 Å². The third kappa shape index (κ3) is 2.10. The number of hydrogen-bond donors (Lipinski definition) is 0. The van der Waals surface area contributed by atoms with Crippen molar-refractivity contribution in [1.29, 1.82) is 0 Å². The summed E-state index contributed by atoms with van der Waals surface area (Å²) >= 11 is 0. The zero-order valence-electron chi connectivity index (χ0n) is 6.19. The molecule has 0 radical (unpaired) electrons. The molecule has 0 amide bonds. The van der Waals surface area contributed by atoms with Crippen LogP contribution in [0.15, 0.2) is 0 Å². The van der Waals surface area contributed by atoms with Gasteiger partial charge >= 0.3 is 0 Å². The number of epoxide rings is 1. The van der Waals surface area contributed by atoms with Crippen molar-refractivity contribution in [2.75, 3.05) is 26.0 Å². The summed E-state index contributed by atoms with van der Waals surface area (Å²) in [7, 11) is -2.73. The molecule has 2 fully saturated rings. The minimum absolute atomic E-state index is 0.124. The Balaban J connectivity index is 1.84. The zero-order chi connectivity index (χ0) is 7.73. The van der Waals surface area contributed by atoms with Gasteiger partial charge in [-0.3, -0.25) is 0 Å². The molecule has 0 saturated carbocycles. The maximum absolute atomic E-state index is 11.6. The molecule has 4 nitrogen and oxygen atoms in total. The van der Waals surface area contributed by atoms with Gasteiger partial charge in [-0.1, -0.05) is 0 Å². The quantitative estimate of drug-likeness (QED) is 0.439. The van der Waals surface area contributed by atoms with E-state index in [1.165, 1.54) is 0 Å². The second-order valence-corrected chi connectivity index (χ2v) is 4.87. The predicted octanol–water partition coefficient (Wildman–Crippen LogP) is -0.0550. The van der Waals surface area contributed by atoms with Crippen LogP contribution in [0.25, 0.3) is 0 Å². The van der Waals surface area contributed by atoms with Crippen LogP contribution in [0.1, 0.15) is 6.42 Å². The Labute approximate surface area is 66.0 Å². The molecule has 2 aliphatic rings. The van der Waals surface area contributed by atoms with Crippen molar-refractivity contribution in [3.8, 4) is 0 Å². The Kier molecular flexibility index (Phi) is 2.12. The largest absolute Gasteiger partial charge is 0.631 e. The van der Waals surface area contributed by atoms with Crippen LogP contribution >= 0.6 is 7.94 Å². The first-order valence-electron chi connectivity index (χ1n) is 3.78. The Morgan fingerprint density at radius 2 is 2.00 bits per heavy atom. The van der Waals surface area contributed by atoms with Crippen molar-refractivity contribution >= 4 is 7.94 Å². The fraction of sp³-hybridized carbons (Fsp3) is 1.00. The van der Waals surface area contributed by atoms with Crippen LogP contribution in [0.2, 0.25) is 0 Å². The SMILES string of the molecule is [O-][P+]1(CC2CO2)OCCCO1. The molecule has 0 aliphatic carbocycles. The highest BCUT2D eigenvalue weighted by Gasteiger charge is 2.41. The first kappa shape index (κ1) is 7.90. The van der Waals surface area contributed by atoms with Crippen LogP contribution < -0.4 is 4.89 Å². The molecular formula is C6H11O4P. The Hall–Kier alpha value is 0.270. The molecule has 2 saturated heterocycles. The highest BCUT2D eigenvalue weighted by Crippen LogP contribution is 2.56. The van der Waals surface area contributed by atoms with Gasteiger partial charge in [-0.2, -0.15) is 0 Å². The highest BCUT2D eigenvalue weighted by atomic mass is 31.2. The maximum Gasteiger partial charge on any atom is 0.240 e. The van der Waals surface area contributed by atoms with Crippen LogP contribution in [0.5, 0.6) is 0 Å². The van der Waals surface area contributed by atoms with Crippen molar-refractivity contribution in [3.63, 3.8) is 0 Å². The maximum atomic E-state index is 11.6. The van der Waals surface area contributed by atoms with Crippen molar-refractivity contribution in [2.24, 2.45) is 0 Å². The topological polar surface area (TPSA) is 54.0 Å². The van der Waals surface area contributed by atoms with E-state index in [0.29, 0.717) is 26.0 Å². The van der Waals surface area contributed by atoms with E-state index >= 15 is 0 Å². The van der Waals surface area contributed by atoms with E-state index in [2.05, 4.69) is 0 Å². The molecule has 64 valence electrons. The van der Waals surface area contributed by atoms with E-state index in [1.807, 2.05) is 0 Å². The van der Waals surface area contributed by atoms with E-state index in [4.69, 9.17) is 13.8 Å². The fourth-order valence-electron chi connectivity index (χ4n) is 1.03. The van der Waals surface area contributed by atoms with Crippen LogP contribution in [0.4, 0.5) is 0 Å². The van der Waals surface area contributed by atoms with E-state index in [1.54, 1.807) is 0 Å². The normalized spacial score (nSPS) is 35.2. The van der Waals surface area contributed by atoms with Gasteiger partial charge in [0.05, 0.1) is 19.8 Å². The van der Waals surface area contributed by atoms with Crippen molar-refractivity contribution in [2.45, 2.75) is 12.5 Å². The Morgan fingerprint density at radius 1 is 1.36 bits per heavy atom. The average Bonchev–Trinajstić information content (AvgIpc) is 2.72. The molecule has 1 atom stereocenters. The lowest BCUT2D eigenvalue weighted by Crippen LogP contribution is -2.26. The third-order valence-corrected chi connectivity index (χ3v) is 3.70. The minimum atomic E-state index is -2.73. The zero-order valence-corrected chi connectivity index (χ0v) is 7.09. The van der Waals surface area contributed by atoms with Gasteiger partial charge in [-0.05, 0) is 0 Å². The monoisotopic (exact) mass is 178 g/mol. The number of hydrogen-bond acceptors (Lipinski definition) is 4. The summed E-state index contributed by atoms with van der Waals surface area (Å²) in [5.41, 5.74) is 0. The van der Waals surface area contributed by atoms with Gasteiger partial charge in [-0.25, -0.2) is 9.05 Å². The fourth-order valence-corrected chi connectivity index (χ4v) is 2.84. The summed E-state index contributed by atoms with van der Waals surface area (Å²) in [4.78, 5) is 11.6. The van der Waals surface area contributed by atoms with Crippen LogP contribution in [0, 0.1) is 0 Å². The van der Waals surface area contributed by atoms with Crippen molar-refractivity contribution < 1.29 is 18.7 Å². The van der Waals surface area contributed by atoms with Crippen molar-refractivity contribution in [3.05, 3.63) is 0 Å². The molecule has 2 heterocycles. The lowest BCUT2D eigenvalue weighted by Gasteiger charge is -2.29. The molecule has 2 aliphatic heterocycles. The van der Waals surface area contributed by atoms with E-state index in [0.717, 1.165) is 6.42 Å². The first-order chi connectivity index (χ1) is 5.29. The minimum Gasteiger partial charge on any atom is -0.631 e. The standard InChI is InChI=1S/C6H11O4P/c7-11(5-6-4-8-6)9-2-1-3-10-11/h6H,1-5H2. The molecule has 0 bridgehead atoms. The lowest BCUT2D eigenvalue weighted by atomic mass is 10.5. The summed E-state index contributed by atoms with van der Waals surface area (Å²) in [6.07, 6.45) is 1.40. The third-order valence-electron chi connectivity index (χ3n) is 1.69. The van der Waals surface area contributed by atoms with Gasteiger partial charge in [0.2, 0.25) is 7.94 Å².